The van der Waals surface area contributed by atoms with E-state index in [0.29, 0.717) is 0 Å². The van der Waals surface area contributed by atoms with E-state index in [4.69, 9.17) is 0 Å². The second kappa shape index (κ2) is 1.53. The van der Waals surface area contributed by atoms with Crippen LogP contribution in [0.5, 0.6) is 0 Å². The highest BCUT2D eigenvalue weighted by atomic mass is 32.9. The van der Waals surface area contributed by atoms with Crippen molar-refractivity contribution in [2.45, 2.75) is 0 Å². The summed E-state index contributed by atoms with van der Waals surface area (Å²) in [6, 6.07) is 0. The molecule has 0 aromatic carbocycles. The molecular weight excluding hydrogens is 138 g/mol. The molecule has 2 aliphatic heterocycles. The van der Waals surface area contributed by atoms with Crippen molar-refractivity contribution in [3.05, 3.63) is 17.8 Å². The largest absolute Gasteiger partial charge is 0.262 e. The average Bonchev–Trinajstić information content (AvgIpc) is 2.15. The van der Waals surface area contributed by atoms with E-state index in [1.165, 1.54) is 10.4 Å². The molecule has 2 heterocycles. The lowest BCUT2D eigenvalue weighted by molar-refractivity contribution is 1.43. The molecule has 40 valence electrons. The van der Waals surface area contributed by atoms with Crippen LogP contribution in [0.15, 0.2) is 17.8 Å². The van der Waals surface area contributed by atoms with Gasteiger partial charge in [-0.05, 0) is 0 Å². The maximum Gasteiger partial charge on any atom is 0.0655 e. The number of fused-ring (bicyclic) bond motifs is 1. The van der Waals surface area contributed by atoms with Crippen LogP contribution in [0.25, 0.3) is 10.4 Å². The Bertz CT molecular complexity index is 202. The van der Waals surface area contributed by atoms with Gasteiger partial charge in [0.1, 0.15) is 0 Å². The summed E-state index contributed by atoms with van der Waals surface area (Å²) in [7, 11) is 3.53. The summed E-state index contributed by atoms with van der Waals surface area (Å²) in [6.45, 7) is 0. The van der Waals surface area contributed by atoms with Gasteiger partial charge in [-0.2, -0.15) is 0 Å². The molecule has 0 saturated heterocycles. The molecule has 0 N–H and O–H groups in total. The Morgan fingerprint density at radius 2 is 2.38 bits per heavy atom. The van der Waals surface area contributed by atoms with Gasteiger partial charge in [0.25, 0.3) is 0 Å². The molecule has 0 aromatic heterocycles. The van der Waals surface area contributed by atoms with Gasteiger partial charge in [-0.1, -0.05) is 20.7 Å². The van der Waals surface area contributed by atoms with Crippen LogP contribution in [0, 0.1) is 0 Å². The minimum Gasteiger partial charge on any atom is -0.262 e. The van der Waals surface area contributed by atoms with Crippen molar-refractivity contribution in [1.82, 2.24) is 4.98 Å². The van der Waals surface area contributed by atoms with Gasteiger partial charge in [-0.25, -0.2) is 0 Å². The summed E-state index contributed by atoms with van der Waals surface area (Å²) in [5.74, 6) is 0. The average molecular weight is 141 g/mol. The summed E-state index contributed by atoms with van der Waals surface area (Å²) >= 11 is 0. The van der Waals surface area contributed by atoms with Gasteiger partial charge in [0.2, 0.25) is 0 Å². The number of aromatic nitrogens is 1. The Kier molecular flexibility index (Phi) is 0.856. The molecule has 0 fully saturated rings. The predicted molar refractivity (Wildman–Crippen MR) is 36.6 cm³/mol. The highest BCUT2D eigenvalue weighted by molar-refractivity contribution is 7.70. The Balaban J connectivity index is 2.84. The number of hydrogen-bond donors (Lipinski definition) is 0. The van der Waals surface area contributed by atoms with E-state index in [1.807, 2.05) is 12.4 Å². The first-order valence-corrected chi connectivity index (χ1v) is 4.45. The highest BCUT2D eigenvalue weighted by Gasteiger charge is 2.01. The fourth-order valence-corrected chi connectivity index (χ4v) is 2.62. The van der Waals surface area contributed by atoms with Crippen molar-refractivity contribution in [2.24, 2.45) is 0 Å². The maximum absolute atomic E-state index is 3.98. The van der Waals surface area contributed by atoms with E-state index in [0.717, 1.165) is 0 Å². The minimum absolute atomic E-state index is 1.28. The van der Waals surface area contributed by atoms with E-state index in [9.17, 15) is 0 Å². The molecule has 0 aliphatic carbocycles. The van der Waals surface area contributed by atoms with E-state index < -0.39 is 0 Å². The molecule has 0 unspecified atom stereocenters. The fraction of sp³-hybridized carbons (Fsp3) is 0. The minimum atomic E-state index is 1.28. The van der Waals surface area contributed by atoms with Crippen molar-refractivity contribution in [2.75, 3.05) is 0 Å². The molecule has 3 heteroatoms. The third-order valence-electron chi connectivity index (χ3n) is 1.00. The molecule has 0 radical (unpaired) electrons. The van der Waals surface area contributed by atoms with Gasteiger partial charge in [0.05, 0.1) is 4.88 Å². The third kappa shape index (κ3) is 0.485. The fourth-order valence-electron chi connectivity index (χ4n) is 0.609. The van der Waals surface area contributed by atoms with E-state index in [2.05, 4.69) is 10.4 Å². The topological polar surface area (TPSA) is 12.9 Å². The van der Waals surface area contributed by atoms with Crippen LogP contribution < -0.4 is 0 Å². The zero-order valence-corrected chi connectivity index (χ0v) is 5.63. The standard InChI is InChI=1S/C5H3NS2/c1-4-3-7-8-5(4)2-6-1/h1-3H. The van der Waals surface area contributed by atoms with E-state index in [1.54, 1.807) is 20.7 Å². The van der Waals surface area contributed by atoms with Crippen LogP contribution in [0.4, 0.5) is 0 Å². The molecule has 0 amide bonds. The van der Waals surface area contributed by atoms with Crippen LogP contribution in [-0.2, 0) is 0 Å². The third-order valence-corrected chi connectivity index (χ3v) is 3.09. The molecule has 2 aliphatic rings. The van der Waals surface area contributed by atoms with Crippen LogP contribution in [0.3, 0.4) is 0 Å². The smallest absolute Gasteiger partial charge is 0.0655 e. The van der Waals surface area contributed by atoms with Gasteiger partial charge in [-0.15, -0.1) is 0 Å². The van der Waals surface area contributed by atoms with Crippen LogP contribution >= 0.6 is 20.7 Å². The Labute approximate surface area is 54.3 Å². The van der Waals surface area contributed by atoms with Crippen molar-refractivity contribution in [3.63, 3.8) is 0 Å². The molecule has 0 atom stereocenters. The van der Waals surface area contributed by atoms with Crippen LogP contribution in [0.1, 0.15) is 0 Å². The van der Waals surface area contributed by atoms with Gasteiger partial charge < -0.3 is 0 Å². The Morgan fingerprint density at radius 1 is 1.38 bits per heavy atom. The second-order valence-corrected chi connectivity index (χ2v) is 3.64. The number of nitrogens with zero attached hydrogens (tertiary/aromatic N) is 1. The first-order chi connectivity index (χ1) is 3.97. The van der Waals surface area contributed by atoms with Crippen molar-refractivity contribution in [3.8, 4) is 10.4 Å². The molecule has 0 aromatic rings. The lowest BCUT2D eigenvalue weighted by Crippen LogP contribution is -1.50. The van der Waals surface area contributed by atoms with Crippen molar-refractivity contribution >= 4 is 20.7 Å². The van der Waals surface area contributed by atoms with Gasteiger partial charge in [-0.3, -0.25) is 4.98 Å². The SMILES string of the molecule is c1ncc2sscc1-2. The normalized spacial score (nSPS) is 10.5. The lowest BCUT2D eigenvalue weighted by atomic mass is 10.4. The molecular formula is C5H3NS2. The zero-order chi connectivity index (χ0) is 5.40. The summed E-state index contributed by atoms with van der Waals surface area (Å²) in [4.78, 5) is 5.28. The van der Waals surface area contributed by atoms with Crippen LogP contribution in [-0.4, -0.2) is 4.98 Å². The molecule has 0 saturated carbocycles. The Hall–Kier alpha value is -0.410. The molecule has 0 spiro atoms. The predicted octanol–water partition coefficient (Wildman–Crippen LogP) is 2.31. The Morgan fingerprint density at radius 3 is 3.25 bits per heavy atom. The first kappa shape index (κ1) is 4.47. The summed E-state index contributed by atoms with van der Waals surface area (Å²) in [5, 5.41) is 2.12. The van der Waals surface area contributed by atoms with Gasteiger partial charge in [0.15, 0.2) is 0 Å². The quantitative estimate of drug-likeness (QED) is 0.513. The molecule has 1 nitrogen and oxygen atoms in total. The zero-order valence-electron chi connectivity index (χ0n) is 4.00. The second-order valence-electron chi connectivity index (χ2n) is 1.52. The summed E-state index contributed by atoms with van der Waals surface area (Å²) < 4.78 is 0. The summed E-state index contributed by atoms with van der Waals surface area (Å²) in [5.41, 5.74) is 1.28. The van der Waals surface area contributed by atoms with Crippen molar-refractivity contribution in [1.29, 1.82) is 0 Å². The van der Waals surface area contributed by atoms with E-state index in [-0.39, 0.29) is 0 Å². The number of hydrogen-bond acceptors (Lipinski definition) is 3. The monoisotopic (exact) mass is 141 g/mol. The molecule has 2 rings (SSSR count). The lowest BCUT2D eigenvalue weighted by Gasteiger charge is -1.73. The number of rotatable bonds is 0. The van der Waals surface area contributed by atoms with Gasteiger partial charge in [0, 0.05) is 23.3 Å². The highest BCUT2D eigenvalue weighted by Crippen LogP contribution is 2.30. The first-order valence-electron chi connectivity index (χ1n) is 2.24. The molecule has 8 heavy (non-hydrogen) atoms. The van der Waals surface area contributed by atoms with E-state index >= 15 is 0 Å². The maximum atomic E-state index is 3.98. The van der Waals surface area contributed by atoms with Crippen molar-refractivity contribution < 1.29 is 0 Å². The summed E-state index contributed by atoms with van der Waals surface area (Å²) in [6.07, 6.45) is 3.79. The van der Waals surface area contributed by atoms with Gasteiger partial charge >= 0.3 is 0 Å². The molecule has 0 bridgehead atoms. The van der Waals surface area contributed by atoms with Crippen LogP contribution in [0.2, 0.25) is 0 Å².